The third kappa shape index (κ3) is 3.92. The third-order valence-electron chi connectivity index (χ3n) is 6.47. The van der Waals surface area contributed by atoms with E-state index in [0.29, 0.717) is 12.2 Å². The fraction of sp³-hybridized carbons (Fsp3) is 0.269. The molecule has 0 saturated heterocycles. The van der Waals surface area contributed by atoms with Gasteiger partial charge in [-0.25, -0.2) is 12.7 Å². The van der Waals surface area contributed by atoms with Gasteiger partial charge in [-0.1, -0.05) is 42.5 Å². The van der Waals surface area contributed by atoms with Gasteiger partial charge in [-0.05, 0) is 59.4 Å². The van der Waals surface area contributed by atoms with Crippen molar-refractivity contribution in [1.29, 1.82) is 0 Å². The van der Waals surface area contributed by atoms with E-state index in [4.69, 9.17) is 9.47 Å². The number of hydrogen-bond acceptors (Lipinski definition) is 5. The summed E-state index contributed by atoms with van der Waals surface area (Å²) in [6.07, 6.45) is 2.02. The first-order valence-corrected chi connectivity index (χ1v) is 12.3. The third-order valence-corrected chi connectivity index (χ3v) is 8.30. The summed E-state index contributed by atoms with van der Waals surface area (Å²) < 4.78 is 36.7. The average molecular weight is 464 g/mol. The Bertz CT molecular complexity index is 1330. The number of nitrogens with zero attached hydrogens (tertiary/aromatic N) is 1. The molecule has 0 amide bonds. The molecule has 7 heteroatoms. The molecule has 0 spiro atoms. The quantitative estimate of drug-likeness (QED) is 0.526. The second-order valence-corrected chi connectivity index (χ2v) is 10.9. The maximum absolute atomic E-state index is 13.3. The number of carbonyl (C=O) groups excluding carboxylic acids is 1. The molecule has 1 fully saturated rings. The zero-order valence-electron chi connectivity index (χ0n) is 18.6. The van der Waals surface area contributed by atoms with E-state index < -0.39 is 15.4 Å². The molecule has 6 nitrogen and oxygen atoms in total. The zero-order chi connectivity index (χ0) is 23.2. The van der Waals surface area contributed by atoms with Gasteiger partial charge >= 0.3 is 0 Å². The van der Waals surface area contributed by atoms with Gasteiger partial charge in [0.15, 0.2) is 11.5 Å². The molecule has 170 valence electrons. The van der Waals surface area contributed by atoms with Crippen molar-refractivity contribution in [3.8, 4) is 22.6 Å². The van der Waals surface area contributed by atoms with E-state index in [1.165, 1.54) is 18.4 Å². The van der Waals surface area contributed by atoms with Crippen LogP contribution < -0.4 is 9.47 Å². The Morgan fingerprint density at radius 3 is 2.33 bits per heavy atom. The van der Waals surface area contributed by atoms with Gasteiger partial charge in [-0.3, -0.25) is 4.79 Å². The predicted molar refractivity (Wildman–Crippen MR) is 125 cm³/mol. The Kier molecular flexibility index (Phi) is 5.26. The number of hydrogen-bond donors (Lipinski definition) is 0. The van der Waals surface area contributed by atoms with Gasteiger partial charge < -0.3 is 9.47 Å². The fourth-order valence-corrected chi connectivity index (χ4v) is 5.19. The van der Waals surface area contributed by atoms with E-state index >= 15 is 0 Å². The van der Waals surface area contributed by atoms with Crippen molar-refractivity contribution in [3.05, 3.63) is 77.9 Å². The molecule has 5 rings (SSSR count). The minimum absolute atomic E-state index is 0.200. The van der Waals surface area contributed by atoms with E-state index in [0.717, 1.165) is 40.8 Å². The largest absolute Gasteiger partial charge is 0.454 e. The highest BCUT2D eigenvalue weighted by atomic mass is 32.2. The minimum Gasteiger partial charge on any atom is -0.454 e. The van der Waals surface area contributed by atoms with Gasteiger partial charge in [-0.2, -0.15) is 0 Å². The summed E-state index contributed by atoms with van der Waals surface area (Å²) in [4.78, 5) is 13.6. The Balaban J connectivity index is 1.35. The molecular weight excluding hydrogens is 438 g/mol. The molecule has 0 bridgehead atoms. The molecule has 0 atom stereocenters. The second kappa shape index (κ2) is 8.01. The molecule has 33 heavy (non-hydrogen) atoms. The second-order valence-electron chi connectivity index (χ2n) is 8.76. The van der Waals surface area contributed by atoms with Gasteiger partial charge in [0.05, 0.1) is 10.3 Å². The number of benzene rings is 3. The van der Waals surface area contributed by atoms with Gasteiger partial charge in [0.1, 0.15) is 5.78 Å². The summed E-state index contributed by atoms with van der Waals surface area (Å²) in [6.45, 7) is 0.217. The highest BCUT2D eigenvalue weighted by Crippen LogP contribution is 2.51. The van der Waals surface area contributed by atoms with Crippen LogP contribution in [0.25, 0.3) is 11.1 Å². The Labute approximate surface area is 193 Å². The molecular formula is C26H25NO5S. The van der Waals surface area contributed by atoms with Crippen LogP contribution in [0.15, 0.2) is 71.6 Å². The van der Waals surface area contributed by atoms with Crippen molar-refractivity contribution in [2.75, 3.05) is 20.9 Å². The topological polar surface area (TPSA) is 72.9 Å². The molecule has 0 radical (unpaired) electrons. The lowest BCUT2D eigenvalue weighted by Crippen LogP contribution is -2.22. The summed E-state index contributed by atoms with van der Waals surface area (Å²) >= 11 is 0. The lowest BCUT2D eigenvalue weighted by molar-refractivity contribution is -0.120. The summed E-state index contributed by atoms with van der Waals surface area (Å²) in [7, 11) is -0.440. The fourth-order valence-electron chi connectivity index (χ4n) is 4.29. The van der Waals surface area contributed by atoms with Crippen molar-refractivity contribution in [2.24, 2.45) is 0 Å². The van der Waals surface area contributed by atoms with Crippen molar-refractivity contribution in [2.45, 2.75) is 29.6 Å². The van der Waals surface area contributed by atoms with Gasteiger partial charge in [-0.15, -0.1) is 0 Å². The van der Waals surface area contributed by atoms with Crippen LogP contribution in [0.4, 0.5) is 0 Å². The molecule has 3 aromatic carbocycles. The minimum atomic E-state index is -3.47. The molecule has 1 saturated carbocycles. The molecule has 0 unspecified atom stereocenters. The highest BCUT2D eigenvalue weighted by molar-refractivity contribution is 7.89. The van der Waals surface area contributed by atoms with Crippen LogP contribution in [0.5, 0.6) is 11.5 Å². The molecule has 2 aliphatic rings. The predicted octanol–water partition coefficient (Wildman–Crippen LogP) is 4.18. The van der Waals surface area contributed by atoms with E-state index in [2.05, 4.69) is 0 Å². The standard InChI is InChI=1S/C26H25NO5S/c1-27(2)33(29,30)22-9-6-19(7-10-22)20-5-3-4-18(14-20)15-25(28)26(12-13-26)21-8-11-23-24(16-21)32-17-31-23/h3-11,14,16H,12-13,15,17H2,1-2H3. The van der Waals surface area contributed by atoms with E-state index in [-0.39, 0.29) is 17.5 Å². The average Bonchev–Trinajstić information content (AvgIpc) is 3.50. The first-order chi connectivity index (χ1) is 15.8. The number of Topliss-reactive ketones (excluding diaryl/α,β-unsaturated/α-hetero) is 1. The summed E-state index contributed by atoms with van der Waals surface area (Å²) in [5.74, 6) is 1.62. The summed E-state index contributed by atoms with van der Waals surface area (Å²) in [6, 6.07) is 20.5. The molecule has 0 N–H and O–H groups in total. The number of carbonyl (C=O) groups is 1. The van der Waals surface area contributed by atoms with Crippen LogP contribution in [0.3, 0.4) is 0 Å². The maximum atomic E-state index is 13.3. The molecule has 1 aliphatic carbocycles. The molecule has 1 heterocycles. The molecule has 0 aromatic heterocycles. The first kappa shape index (κ1) is 21.7. The van der Waals surface area contributed by atoms with Crippen LogP contribution in [0.2, 0.25) is 0 Å². The first-order valence-electron chi connectivity index (χ1n) is 10.8. The normalized spacial score (nSPS) is 16.1. The zero-order valence-corrected chi connectivity index (χ0v) is 19.4. The van der Waals surface area contributed by atoms with Crippen molar-refractivity contribution in [1.82, 2.24) is 4.31 Å². The van der Waals surface area contributed by atoms with Crippen LogP contribution in [-0.4, -0.2) is 39.4 Å². The van der Waals surface area contributed by atoms with Gasteiger partial charge in [0, 0.05) is 20.5 Å². The Morgan fingerprint density at radius 1 is 0.909 bits per heavy atom. The number of ketones is 1. The van der Waals surface area contributed by atoms with Crippen LogP contribution in [0, 0.1) is 0 Å². The highest BCUT2D eigenvalue weighted by Gasteiger charge is 2.50. The van der Waals surface area contributed by atoms with Gasteiger partial charge in [0.2, 0.25) is 16.8 Å². The monoisotopic (exact) mass is 463 g/mol. The Morgan fingerprint density at radius 2 is 1.64 bits per heavy atom. The van der Waals surface area contributed by atoms with Crippen LogP contribution >= 0.6 is 0 Å². The van der Waals surface area contributed by atoms with Crippen molar-refractivity contribution < 1.29 is 22.7 Å². The summed E-state index contributed by atoms with van der Waals surface area (Å²) in [5, 5.41) is 0. The van der Waals surface area contributed by atoms with Gasteiger partial charge in [0.25, 0.3) is 0 Å². The van der Waals surface area contributed by atoms with Crippen LogP contribution in [0.1, 0.15) is 24.0 Å². The number of fused-ring (bicyclic) bond motifs is 1. The summed E-state index contributed by atoms with van der Waals surface area (Å²) in [5.41, 5.74) is 3.33. The lowest BCUT2D eigenvalue weighted by Gasteiger charge is -2.16. The number of rotatable bonds is 7. The smallest absolute Gasteiger partial charge is 0.242 e. The van der Waals surface area contributed by atoms with Crippen molar-refractivity contribution >= 4 is 15.8 Å². The molecule has 1 aliphatic heterocycles. The van der Waals surface area contributed by atoms with Crippen molar-refractivity contribution in [3.63, 3.8) is 0 Å². The maximum Gasteiger partial charge on any atom is 0.242 e. The number of ether oxygens (including phenoxy) is 2. The lowest BCUT2D eigenvalue weighted by atomic mass is 9.87. The SMILES string of the molecule is CN(C)S(=O)(=O)c1ccc(-c2cccc(CC(=O)C3(c4ccc5c(c4)OCO5)CC3)c2)cc1. The van der Waals surface area contributed by atoms with Crippen LogP contribution in [-0.2, 0) is 26.7 Å². The van der Waals surface area contributed by atoms with E-state index in [1.54, 1.807) is 24.3 Å². The Hall–Kier alpha value is -3.16. The number of sulfonamides is 1. The van der Waals surface area contributed by atoms with E-state index in [1.807, 2.05) is 42.5 Å². The van der Waals surface area contributed by atoms with E-state index in [9.17, 15) is 13.2 Å². The molecule has 3 aromatic rings.